The molecule has 0 aliphatic carbocycles. The van der Waals surface area contributed by atoms with Gasteiger partial charge in [-0.15, -0.1) is 0 Å². The van der Waals surface area contributed by atoms with Crippen molar-refractivity contribution in [3.05, 3.63) is 34.9 Å². The van der Waals surface area contributed by atoms with Gasteiger partial charge in [-0.1, -0.05) is 11.8 Å². The highest BCUT2D eigenvalue weighted by atomic mass is 16.3. The Labute approximate surface area is 126 Å². The summed E-state index contributed by atoms with van der Waals surface area (Å²) in [6, 6.07) is 5.35. The monoisotopic (exact) mass is 289 g/mol. The molecule has 1 aromatic rings. The molecule has 0 heterocycles. The Hall–Kier alpha value is -1.83. The zero-order chi connectivity index (χ0) is 16.0. The van der Waals surface area contributed by atoms with Crippen molar-refractivity contribution in [2.75, 3.05) is 20.3 Å². The van der Waals surface area contributed by atoms with E-state index in [2.05, 4.69) is 11.8 Å². The number of nitrogens with zero attached hydrogens (tertiary/aromatic N) is 1. The summed E-state index contributed by atoms with van der Waals surface area (Å²) in [5.74, 6) is 5.71. The third-order valence-electron chi connectivity index (χ3n) is 3.53. The predicted octanol–water partition coefficient (Wildman–Crippen LogP) is 1.57. The van der Waals surface area contributed by atoms with E-state index in [-0.39, 0.29) is 19.1 Å². The molecule has 0 atom stereocenters. The lowest BCUT2D eigenvalue weighted by molar-refractivity contribution is 0.0473. The van der Waals surface area contributed by atoms with Gasteiger partial charge in [0, 0.05) is 24.6 Å². The van der Waals surface area contributed by atoms with E-state index < -0.39 is 5.54 Å². The van der Waals surface area contributed by atoms with Gasteiger partial charge in [-0.25, -0.2) is 0 Å². The second-order valence-corrected chi connectivity index (χ2v) is 5.64. The predicted molar refractivity (Wildman–Crippen MR) is 83.0 cm³/mol. The number of aryl methyl sites for hydroxylation is 1. The minimum atomic E-state index is -0.607. The van der Waals surface area contributed by atoms with Crippen LogP contribution < -0.4 is 0 Å². The van der Waals surface area contributed by atoms with E-state index in [0.29, 0.717) is 12.0 Å². The molecule has 0 saturated carbocycles. The molecule has 21 heavy (non-hydrogen) atoms. The van der Waals surface area contributed by atoms with E-state index in [1.165, 1.54) is 0 Å². The highest BCUT2D eigenvalue weighted by molar-refractivity contribution is 5.95. The van der Waals surface area contributed by atoms with Crippen molar-refractivity contribution in [3.8, 4) is 11.8 Å². The molecule has 4 heteroatoms. The first kappa shape index (κ1) is 17.2. The molecule has 0 bridgehead atoms. The molecule has 0 aliphatic rings. The van der Waals surface area contributed by atoms with Gasteiger partial charge in [-0.2, -0.15) is 0 Å². The third kappa shape index (κ3) is 4.32. The molecular formula is C17H23NO3. The molecule has 0 aliphatic heterocycles. The van der Waals surface area contributed by atoms with Crippen molar-refractivity contribution in [1.82, 2.24) is 4.90 Å². The van der Waals surface area contributed by atoms with Gasteiger partial charge in [0.2, 0.25) is 0 Å². The summed E-state index contributed by atoms with van der Waals surface area (Å²) >= 11 is 0. The number of carbonyl (C=O) groups is 1. The number of likely N-dealkylation sites (N-methyl/N-ethyl adjacent to an activating group) is 1. The first-order chi connectivity index (χ1) is 9.83. The van der Waals surface area contributed by atoms with Gasteiger partial charge in [0.05, 0.1) is 18.8 Å². The summed E-state index contributed by atoms with van der Waals surface area (Å²) < 4.78 is 0. The number of benzene rings is 1. The Balaban J connectivity index is 2.99. The lowest BCUT2D eigenvalue weighted by Crippen LogP contribution is -2.47. The lowest BCUT2D eigenvalue weighted by atomic mass is 10.0. The van der Waals surface area contributed by atoms with Gasteiger partial charge in [-0.3, -0.25) is 4.79 Å². The quantitative estimate of drug-likeness (QED) is 0.827. The van der Waals surface area contributed by atoms with E-state index in [1.807, 2.05) is 26.8 Å². The van der Waals surface area contributed by atoms with Crippen molar-refractivity contribution >= 4 is 5.91 Å². The average Bonchev–Trinajstić information content (AvgIpc) is 2.47. The molecular weight excluding hydrogens is 266 g/mol. The summed E-state index contributed by atoms with van der Waals surface area (Å²) in [4.78, 5) is 14.0. The number of aliphatic hydroxyl groups excluding tert-OH is 2. The van der Waals surface area contributed by atoms with Gasteiger partial charge < -0.3 is 15.1 Å². The largest absolute Gasteiger partial charge is 0.395 e. The van der Waals surface area contributed by atoms with Crippen LogP contribution in [-0.4, -0.2) is 46.8 Å². The second kappa shape index (κ2) is 7.26. The van der Waals surface area contributed by atoms with Crippen LogP contribution in [0.5, 0.6) is 0 Å². The molecule has 4 nitrogen and oxygen atoms in total. The summed E-state index contributed by atoms with van der Waals surface area (Å²) in [7, 11) is 1.68. The molecule has 2 N–H and O–H groups in total. The van der Waals surface area contributed by atoms with E-state index in [1.54, 1.807) is 24.1 Å². The molecule has 0 aromatic heterocycles. The highest BCUT2D eigenvalue weighted by Gasteiger charge is 2.27. The Morgan fingerprint density at radius 2 is 2.00 bits per heavy atom. The molecule has 0 spiro atoms. The van der Waals surface area contributed by atoms with E-state index in [9.17, 15) is 9.90 Å². The maximum absolute atomic E-state index is 12.4. The molecule has 1 aromatic carbocycles. The molecule has 0 unspecified atom stereocenters. The first-order valence-corrected chi connectivity index (χ1v) is 6.93. The van der Waals surface area contributed by atoms with Crippen molar-refractivity contribution in [2.24, 2.45) is 0 Å². The molecule has 0 radical (unpaired) electrons. The minimum absolute atomic E-state index is 0.0453. The second-order valence-electron chi connectivity index (χ2n) is 5.64. The molecule has 1 rings (SSSR count). The van der Waals surface area contributed by atoms with Crippen LogP contribution in [0.1, 0.15) is 41.8 Å². The Bertz CT molecular complexity index is 567. The maximum atomic E-state index is 12.4. The first-order valence-electron chi connectivity index (χ1n) is 6.93. The fraction of sp³-hybridized carbons (Fsp3) is 0.471. The van der Waals surface area contributed by atoms with Gasteiger partial charge in [-0.05, 0) is 44.5 Å². The standard InChI is InChI=1S/C17H23NO3/c1-13-11-15(9-8-14(13)7-5-6-10-19)16(21)18(4)17(2,3)12-20/h8-9,11,19-20H,6,10,12H2,1-4H3. The molecule has 1 amide bonds. The average molecular weight is 289 g/mol. The number of hydrogen-bond acceptors (Lipinski definition) is 3. The van der Waals surface area contributed by atoms with Crippen molar-refractivity contribution < 1.29 is 15.0 Å². The Kier molecular flexibility index (Phi) is 5.95. The van der Waals surface area contributed by atoms with Crippen LogP contribution in [-0.2, 0) is 0 Å². The van der Waals surface area contributed by atoms with E-state index >= 15 is 0 Å². The van der Waals surface area contributed by atoms with Gasteiger partial charge >= 0.3 is 0 Å². The summed E-state index contributed by atoms with van der Waals surface area (Å²) in [5, 5.41) is 18.1. The van der Waals surface area contributed by atoms with Crippen LogP contribution in [0.3, 0.4) is 0 Å². The topological polar surface area (TPSA) is 60.8 Å². The zero-order valence-corrected chi connectivity index (χ0v) is 13.1. The SMILES string of the molecule is Cc1cc(C(=O)N(C)C(C)(C)CO)ccc1C#CCCO. The molecule has 114 valence electrons. The van der Waals surface area contributed by atoms with Crippen LogP contribution in [0.2, 0.25) is 0 Å². The van der Waals surface area contributed by atoms with Crippen molar-refractivity contribution in [2.45, 2.75) is 32.7 Å². The Morgan fingerprint density at radius 1 is 1.33 bits per heavy atom. The van der Waals surface area contributed by atoms with Crippen molar-refractivity contribution in [1.29, 1.82) is 0 Å². The minimum Gasteiger partial charge on any atom is -0.395 e. The number of rotatable bonds is 4. The van der Waals surface area contributed by atoms with Gasteiger partial charge in [0.25, 0.3) is 5.91 Å². The molecule has 0 fully saturated rings. The normalized spacial score (nSPS) is 10.8. The van der Waals surface area contributed by atoms with Crippen LogP contribution in [0, 0.1) is 18.8 Å². The third-order valence-corrected chi connectivity index (χ3v) is 3.53. The van der Waals surface area contributed by atoms with Crippen molar-refractivity contribution in [3.63, 3.8) is 0 Å². The van der Waals surface area contributed by atoms with Gasteiger partial charge in [0.15, 0.2) is 0 Å². The summed E-state index contributed by atoms with van der Waals surface area (Å²) in [5.41, 5.74) is 1.74. The summed E-state index contributed by atoms with van der Waals surface area (Å²) in [6.07, 6.45) is 0.438. The van der Waals surface area contributed by atoms with Crippen LogP contribution in [0.15, 0.2) is 18.2 Å². The lowest BCUT2D eigenvalue weighted by Gasteiger charge is -2.34. The highest BCUT2D eigenvalue weighted by Crippen LogP contribution is 2.17. The number of carbonyl (C=O) groups excluding carboxylic acids is 1. The number of amides is 1. The summed E-state index contributed by atoms with van der Waals surface area (Å²) in [6.45, 7) is 5.47. The maximum Gasteiger partial charge on any atom is 0.254 e. The van der Waals surface area contributed by atoms with Gasteiger partial charge in [0.1, 0.15) is 0 Å². The number of aliphatic hydroxyl groups is 2. The van der Waals surface area contributed by atoms with E-state index in [0.717, 1.165) is 11.1 Å². The fourth-order valence-corrected chi connectivity index (χ4v) is 1.73. The van der Waals surface area contributed by atoms with Crippen LogP contribution in [0.4, 0.5) is 0 Å². The van der Waals surface area contributed by atoms with Crippen LogP contribution >= 0.6 is 0 Å². The van der Waals surface area contributed by atoms with Crippen LogP contribution in [0.25, 0.3) is 0 Å². The van der Waals surface area contributed by atoms with E-state index in [4.69, 9.17) is 5.11 Å². The zero-order valence-electron chi connectivity index (χ0n) is 13.1. The molecule has 0 saturated heterocycles. The number of hydrogen-bond donors (Lipinski definition) is 2. The fourth-order valence-electron chi connectivity index (χ4n) is 1.73. The smallest absolute Gasteiger partial charge is 0.254 e. The Morgan fingerprint density at radius 3 is 2.52 bits per heavy atom.